The molecule has 0 aromatic heterocycles. The van der Waals surface area contributed by atoms with Gasteiger partial charge in [0.05, 0.1) is 0 Å². The van der Waals surface area contributed by atoms with Crippen molar-refractivity contribution in [1.82, 2.24) is 4.90 Å². The van der Waals surface area contributed by atoms with Crippen LogP contribution in [0.1, 0.15) is 48.5 Å². The quantitative estimate of drug-likeness (QED) is 0.575. The molecule has 1 unspecified atom stereocenters. The van der Waals surface area contributed by atoms with Crippen molar-refractivity contribution < 1.29 is 0 Å². The van der Waals surface area contributed by atoms with Crippen molar-refractivity contribution in [2.45, 2.75) is 54.0 Å². The van der Waals surface area contributed by atoms with Crippen LogP contribution in [0.25, 0.3) is 0 Å². The summed E-state index contributed by atoms with van der Waals surface area (Å²) in [5.74, 6) is 0.712. The minimum Gasteiger partial charge on any atom is -0.300 e. The van der Waals surface area contributed by atoms with Crippen molar-refractivity contribution in [2.75, 3.05) is 13.6 Å². The van der Waals surface area contributed by atoms with Gasteiger partial charge in [-0.25, -0.2) is 0 Å². The van der Waals surface area contributed by atoms with Gasteiger partial charge >= 0.3 is 0 Å². The summed E-state index contributed by atoms with van der Waals surface area (Å²) in [5.41, 5.74) is 1.12. The molecule has 0 aromatic carbocycles. The molecule has 0 bridgehead atoms. The molecule has 0 N–H and O–H groups in total. The zero-order valence-electron chi connectivity index (χ0n) is 11.2. The van der Waals surface area contributed by atoms with E-state index >= 15 is 0 Å². The normalized spacial score (nSPS) is 35.6. The Kier molecular flexibility index (Phi) is 2.56. The van der Waals surface area contributed by atoms with Gasteiger partial charge in [-0.2, -0.15) is 0 Å². The Labute approximate surface area is 89.9 Å². The van der Waals surface area contributed by atoms with Gasteiger partial charge in [-0.3, -0.25) is 0 Å². The van der Waals surface area contributed by atoms with Gasteiger partial charge in [-0.1, -0.05) is 34.6 Å². The highest BCUT2D eigenvalue weighted by Gasteiger charge is 2.53. The van der Waals surface area contributed by atoms with Crippen LogP contribution in [-0.2, 0) is 0 Å². The smallest absolute Gasteiger partial charge is 0.0181 e. The lowest BCUT2D eigenvalue weighted by molar-refractivity contribution is -0.115. The van der Waals surface area contributed by atoms with E-state index in [-0.39, 0.29) is 0 Å². The van der Waals surface area contributed by atoms with Gasteiger partial charge in [0.15, 0.2) is 0 Å². The summed E-state index contributed by atoms with van der Waals surface area (Å²) in [5, 5.41) is 0. The molecule has 1 aliphatic heterocycles. The van der Waals surface area contributed by atoms with Crippen molar-refractivity contribution >= 4 is 0 Å². The van der Waals surface area contributed by atoms with E-state index in [4.69, 9.17) is 0 Å². The molecule has 0 aliphatic carbocycles. The maximum Gasteiger partial charge on any atom is 0.0181 e. The number of hydrogen-bond donors (Lipinski definition) is 0. The second-order valence-corrected chi connectivity index (χ2v) is 6.84. The minimum absolute atomic E-state index is 0.318. The Morgan fingerprint density at radius 1 is 1.00 bits per heavy atom. The van der Waals surface area contributed by atoms with E-state index in [2.05, 4.69) is 60.4 Å². The maximum atomic E-state index is 2.52. The molecule has 0 aromatic rings. The molecule has 1 saturated heterocycles. The average Bonchev–Trinajstić information content (AvgIpc) is 1.99. The van der Waals surface area contributed by atoms with E-state index in [1.807, 2.05) is 0 Å². The van der Waals surface area contributed by atoms with Gasteiger partial charge in [0, 0.05) is 12.1 Å². The molecule has 84 valence electrons. The van der Waals surface area contributed by atoms with Crippen molar-refractivity contribution in [1.29, 1.82) is 0 Å². The molecule has 0 amide bonds. The summed E-state index contributed by atoms with van der Waals surface area (Å²) < 4.78 is 0. The summed E-state index contributed by atoms with van der Waals surface area (Å²) in [6.45, 7) is 18.0. The summed E-state index contributed by atoms with van der Waals surface area (Å²) >= 11 is 0. The van der Waals surface area contributed by atoms with E-state index in [0.29, 0.717) is 22.3 Å². The van der Waals surface area contributed by atoms with Crippen molar-refractivity contribution in [2.24, 2.45) is 16.7 Å². The van der Waals surface area contributed by atoms with Crippen molar-refractivity contribution in [3.63, 3.8) is 0 Å². The Morgan fingerprint density at radius 2 is 1.43 bits per heavy atom. The van der Waals surface area contributed by atoms with Crippen molar-refractivity contribution in [3.05, 3.63) is 0 Å². The molecule has 1 atom stereocenters. The second-order valence-electron chi connectivity index (χ2n) is 6.84. The topological polar surface area (TPSA) is 3.24 Å². The number of nitrogens with zero attached hydrogens (tertiary/aromatic N) is 1. The van der Waals surface area contributed by atoms with Crippen LogP contribution < -0.4 is 0 Å². The molecule has 0 saturated carbocycles. The van der Waals surface area contributed by atoms with Gasteiger partial charge in [0.1, 0.15) is 0 Å². The number of likely N-dealkylation sites (tertiary alicyclic amines) is 1. The van der Waals surface area contributed by atoms with Gasteiger partial charge in [0.25, 0.3) is 0 Å². The lowest BCUT2D eigenvalue weighted by Crippen LogP contribution is -2.63. The monoisotopic (exact) mass is 197 g/mol. The van der Waals surface area contributed by atoms with E-state index in [0.717, 1.165) is 0 Å². The van der Waals surface area contributed by atoms with Gasteiger partial charge in [-0.05, 0) is 37.6 Å². The molecule has 1 nitrogen and oxygen atoms in total. The molecule has 1 fully saturated rings. The van der Waals surface area contributed by atoms with Gasteiger partial charge in [0.2, 0.25) is 0 Å². The first-order chi connectivity index (χ1) is 6.03. The fourth-order valence-electron chi connectivity index (χ4n) is 2.80. The largest absolute Gasteiger partial charge is 0.300 e. The molecule has 1 rings (SSSR count). The lowest BCUT2D eigenvalue weighted by Gasteiger charge is -2.61. The van der Waals surface area contributed by atoms with Crippen LogP contribution in [0, 0.1) is 16.7 Å². The van der Waals surface area contributed by atoms with E-state index in [1.165, 1.54) is 6.54 Å². The van der Waals surface area contributed by atoms with Crippen LogP contribution in [0.3, 0.4) is 0 Å². The molecule has 1 heterocycles. The fraction of sp³-hybridized carbons (Fsp3) is 1.00. The summed E-state index contributed by atoms with van der Waals surface area (Å²) in [4.78, 5) is 2.52. The van der Waals surface area contributed by atoms with Crippen LogP contribution in [0.5, 0.6) is 0 Å². The average molecular weight is 197 g/mol. The third-order valence-electron chi connectivity index (χ3n) is 5.50. The van der Waals surface area contributed by atoms with E-state index in [9.17, 15) is 0 Å². The van der Waals surface area contributed by atoms with Crippen LogP contribution in [0.2, 0.25) is 0 Å². The number of piperidine rings is 1. The third-order valence-corrected chi connectivity index (χ3v) is 5.50. The molecule has 14 heavy (non-hydrogen) atoms. The van der Waals surface area contributed by atoms with Gasteiger partial charge < -0.3 is 4.90 Å². The van der Waals surface area contributed by atoms with Crippen LogP contribution >= 0.6 is 0 Å². The summed E-state index contributed by atoms with van der Waals surface area (Å²) in [6.07, 6.45) is 0. The van der Waals surface area contributed by atoms with E-state index in [1.54, 1.807) is 0 Å². The Bertz CT molecular complexity index is 223. The number of rotatable bonds is 0. The summed E-state index contributed by atoms with van der Waals surface area (Å²) in [6, 6.07) is 0. The van der Waals surface area contributed by atoms with Gasteiger partial charge in [-0.15, -0.1) is 0 Å². The highest BCUT2D eigenvalue weighted by molar-refractivity contribution is 5.05. The Hall–Kier alpha value is -0.0400. The van der Waals surface area contributed by atoms with Crippen LogP contribution in [0.15, 0.2) is 0 Å². The maximum absolute atomic E-state index is 2.52. The highest BCUT2D eigenvalue weighted by Crippen LogP contribution is 2.53. The first-order valence-electron chi connectivity index (χ1n) is 5.75. The molecular weight excluding hydrogens is 170 g/mol. The zero-order chi connectivity index (χ0) is 11.4. The number of hydrogen-bond acceptors (Lipinski definition) is 1. The van der Waals surface area contributed by atoms with Crippen LogP contribution in [-0.4, -0.2) is 24.0 Å². The van der Waals surface area contributed by atoms with Crippen molar-refractivity contribution in [3.8, 4) is 0 Å². The predicted molar refractivity (Wildman–Crippen MR) is 63.4 cm³/mol. The second kappa shape index (κ2) is 2.98. The molecule has 0 spiro atoms. The predicted octanol–water partition coefficient (Wildman–Crippen LogP) is 3.40. The fourth-order valence-corrected chi connectivity index (χ4v) is 2.80. The summed E-state index contributed by atoms with van der Waals surface area (Å²) in [7, 11) is 2.26. The van der Waals surface area contributed by atoms with E-state index < -0.39 is 0 Å². The standard InChI is InChI=1S/C13H27N/c1-10-12(4,5)11(2,3)9-14(8)13(10,6)7/h10H,9H2,1-8H3. The SMILES string of the molecule is CC1C(C)(C)N(C)CC(C)(C)C1(C)C. The lowest BCUT2D eigenvalue weighted by atomic mass is 9.54. The molecular formula is C13H27N. The highest BCUT2D eigenvalue weighted by atomic mass is 15.2. The van der Waals surface area contributed by atoms with Crippen LogP contribution in [0.4, 0.5) is 0 Å². The first kappa shape index (κ1) is 12.0. The minimum atomic E-state index is 0.318. The Balaban J connectivity index is 3.10. The first-order valence-corrected chi connectivity index (χ1v) is 5.75. The third kappa shape index (κ3) is 1.41. The molecule has 1 aliphatic rings. The Morgan fingerprint density at radius 3 is 1.86 bits per heavy atom. The molecule has 0 radical (unpaired) electrons. The molecule has 1 heteroatoms. The zero-order valence-corrected chi connectivity index (χ0v) is 11.2.